The second-order valence-electron chi connectivity index (χ2n) is 7.93. The zero-order valence-electron chi connectivity index (χ0n) is 16.8. The summed E-state index contributed by atoms with van der Waals surface area (Å²) in [6.07, 6.45) is 7.88. The molecule has 7 nitrogen and oxygen atoms in total. The minimum atomic E-state index is -0.341. The highest BCUT2D eigenvalue weighted by atomic mass is 16.3. The Hall–Kier alpha value is -3.74. The van der Waals surface area contributed by atoms with E-state index in [1.54, 1.807) is 30.5 Å². The van der Waals surface area contributed by atoms with E-state index in [2.05, 4.69) is 10.3 Å². The minimum Gasteiger partial charge on any atom is -0.444 e. The Labute approximate surface area is 179 Å². The Morgan fingerprint density at radius 2 is 1.71 bits per heavy atom. The second-order valence-corrected chi connectivity index (χ2v) is 7.93. The maximum Gasteiger partial charge on any atom is 0.261 e. The second kappa shape index (κ2) is 7.83. The van der Waals surface area contributed by atoms with E-state index < -0.39 is 0 Å². The summed E-state index contributed by atoms with van der Waals surface area (Å²) in [6, 6.07) is 11.8. The maximum absolute atomic E-state index is 12.9. The Morgan fingerprint density at radius 3 is 2.42 bits per heavy atom. The number of oxazole rings is 1. The molecule has 2 heterocycles. The number of nitrogens with one attached hydrogen (secondary N) is 1. The van der Waals surface area contributed by atoms with Gasteiger partial charge in [-0.05, 0) is 55.3 Å². The van der Waals surface area contributed by atoms with Gasteiger partial charge >= 0.3 is 0 Å². The minimum absolute atomic E-state index is 0.0405. The lowest BCUT2D eigenvalue weighted by Gasteiger charge is -2.29. The number of benzene rings is 2. The lowest BCUT2D eigenvalue weighted by Crippen LogP contribution is -2.40. The van der Waals surface area contributed by atoms with Crippen LogP contribution >= 0.6 is 0 Å². The fraction of sp³-hybridized carbons (Fsp3) is 0.250. The van der Waals surface area contributed by atoms with Gasteiger partial charge in [0, 0.05) is 22.9 Å². The number of fused-ring (bicyclic) bond motifs is 1. The molecule has 1 fully saturated rings. The van der Waals surface area contributed by atoms with Gasteiger partial charge in [0.2, 0.25) is 0 Å². The monoisotopic (exact) mass is 415 g/mol. The van der Waals surface area contributed by atoms with Gasteiger partial charge < -0.3 is 9.73 Å². The number of rotatable bonds is 4. The van der Waals surface area contributed by atoms with Gasteiger partial charge in [-0.25, -0.2) is 4.98 Å². The third-order valence-corrected chi connectivity index (χ3v) is 5.98. The van der Waals surface area contributed by atoms with Crippen LogP contribution in [0.5, 0.6) is 0 Å². The highest BCUT2D eigenvalue weighted by Gasteiger charge is 2.40. The van der Waals surface area contributed by atoms with E-state index >= 15 is 0 Å². The summed E-state index contributed by atoms with van der Waals surface area (Å²) >= 11 is 0. The van der Waals surface area contributed by atoms with Crippen molar-refractivity contribution in [2.75, 3.05) is 5.32 Å². The molecule has 0 radical (unpaired) electrons. The van der Waals surface area contributed by atoms with Gasteiger partial charge in [-0.15, -0.1) is 0 Å². The first-order chi connectivity index (χ1) is 15.1. The molecule has 0 saturated heterocycles. The lowest BCUT2D eigenvalue weighted by molar-refractivity contribution is 0.0549. The number of imide groups is 1. The zero-order chi connectivity index (χ0) is 21.4. The van der Waals surface area contributed by atoms with Crippen LogP contribution in [-0.2, 0) is 0 Å². The van der Waals surface area contributed by atoms with Crippen molar-refractivity contribution >= 4 is 23.4 Å². The molecule has 5 rings (SSSR count). The van der Waals surface area contributed by atoms with Crippen LogP contribution in [0.25, 0.3) is 11.3 Å². The first-order valence-electron chi connectivity index (χ1n) is 10.4. The Morgan fingerprint density at radius 1 is 0.968 bits per heavy atom. The number of anilines is 1. The molecule has 0 unspecified atom stereocenters. The molecule has 7 heteroatoms. The van der Waals surface area contributed by atoms with E-state index in [4.69, 9.17) is 4.42 Å². The average Bonchev–Trinajstić information content (AvgIpc) is 3.42. The third-order valence-electron chi connectivity index (χ3n) is 5.98. The number of hydrogen-bond acceptors (Lipinski definition) is 5. The molecule has 0 atom stereocenters. The SMILES string of the molecule is O=C(Nc1ccc(-c2cnco2)cc1)c1ccc2c(c1)C(=O)N(C1CCCCC1)C2=O. The standard InChI is InChI=1S/C24H21N3O4/c28-22(26-17-9-6-15(7-10-17)21-13-25-14-31-21)16-8-11-19-20(12-16)24(30)27(23(19)29)18-4-2-1-3-5-18/h6-14,18H,1-5H2,(H,26,28). The van der Waals surface area contributed by atoms with E-state index in [9.17, 15) is 14.4 Å². The number of carbonyl (C=O) groups is 3. The maximum atomic E-state index is 12.9. The van der Waals surface area contributed by atoms with Crippen molar-refractivity contribution in [1.82, 2.24) is 9.88 Å². The molecule has 156 valence electrons. The Balaban J connectivity index is 1.33. The van der Waals surface area contributed by atoms with E-state index in [1.807, 2.05) is 12.1 Å². The van der Waals surface area contributed by atoms with Crippen LogP contribution in [0.15, 0.2) is 59.5 Å². The molecule has 1 saturated carbocycles. The van der Waals surface area contributed by atoms with Crippen molar-refractivity contribution in [1.29, 1.82) is 0 Å². The molecule has 2 aromatic carbocycles. The summed E-state index contributed by atoms with van der Waals surface area (Å²) in [7, 11) is 0. The van der Waals surface area contributed by atoms with Gasteiger partial charge in [0.05, 0.1) is 17.3 Å². The van der Waals surface area contributed by atoms with Crippen molar-refractivity contribution in [3.8, 4) is 11.3 Å². The first-order valence-corrected chi connectivity index (χ1v) is 10.4. The molecule has 31 heavy (non-hydrogen) atoms. The Kier molecular flexibility index (Phi) is 4.86. The topological polar surface area (TPSA) is 92.5 Å². The van der Waals surface area contributed by atoms with Crippen LogP contribution in [0.2, 0.25) is 0 Å². The van der Waals surface area contributed by atoms with Crippen molar-refractivity contribution in [3.05, 3.63) is 71.7 Å². The summed E-state index contributed by atoms with van der Waals surface area (Å²) in [6.45, 7) is 0. The summed E-state index contributed by atoms with van der Waals surface area (Å²) in [5.41, 5.74) is 2.48. The van der Waals surface area contributed by atoms with E-state index in [1.165, 1.54) is 17.4 Å². The van der Waals surface area contributed by atoms with Gasteiger partial charge in [-0.1, -0.05) is 19.3 Å². The van der Waals surface area contributed by atoms with Crippen molar-refractivity contribution in [3.63, 3.8) is 0 Å². The van der Waals surface area contributed by atoms with Gasteiger partial charge in [-0.3, -0.25) is 19.3 Å². The summed E-state index contributed by atoms with van der Waals surface area (Å²) in [5, 5.41) is 2.83. The summed E-state index contributed by atoms with van der Waals surface area (Å²) in [4.78, 5) is 43.8. The van der Waals surface area contributed by atoms with Crippen LogP contribution in [0, 0.1) is 0 Å². The van der Waals surface area contributed by atoms with Gasteiger partial charge in [0.15, 0.2) is 12.2 Å². The third kappa shape index (κ3) is 3.52. The predicted molar refractivity (Wildman–Crippen MR) is 114 cm³/mol. The fourth-order valence-electron chi connectivity index (χ4n) is 4.35. The molecule has 0 bridgehead atoms. The molecular weight excluding hydrogens is 394 g/mol. The number of nitrogens with zero attached hydrogens (tertiary/aromatic N) is 2. The smallest absolute Gasteiger partial charge is 0.261 e. The fourth-order valence-corrected chi connectivity index (χ4v) is 4.35. The predicted octanol–water partition coefficient (Wildman–Crippen LogP) is 4.52. The number of aromatic nitrogens is 1. The molecule has 2 aliphatic rings. The molecular formula is C24H21N3O4. The van der Waals surface area contributed by atoms with Gasteiger partial charge in [-0.2, -0.15) is 0 Å². The molecule has 1 N–H and O–H groups in total. The molecule has 3 amide bonds. The van der Waals surface area contributed by atoms with Crippen LogP contribution in [-0.4, -0.2) is 33.6 Å². The quantitative estimate of drug-likeness (QED) is 0.633. The largest absolute Gasteiger partial charge is 0.444 e. The number of hydrogen-bond donors (Lipinski definition) is 1. The normalized spacial score (nSPS) is 16.5. The van der Waals surface area contributed by atoms with Crippen LogP contribution in [0.4, 0.5) is 5.69 Å². The van der Waals surface area contributed by atoms with Gasteiger partial charge in [0.25, 0.3) is 17.7 Å². The van der Waals surface area contributed by atoms with Crippen molar-refractivity contribution in [2.24, 2.45) is 0 Å². The highest BCUT2D eigenvalue weighted by Crippen LogP contribution is 2.31. The number of amides is 3. The van der Waals surface area contributed by atoms with Crippen LogP contribution < -0.4 is 5.32 Å². The lowest BCUT2D eigenvalue weighted by atomic mass is 9.94. The zero-order valence-corrected chi connectivity index (χ0v) is 16.8. The van der Waals surface area contributed by atoms with E-state index in [0.29, 0.717) is 28.1 Å². The first kappa shape index (κ1) is 19.2. The van der Waals surface area contributed by atoms with E-state index in [0.717, 1.165) is 37.7 Å². The van der Waals surface area contributed by atoms with Crippen LogP contribution in [0.3, 0.4) is 0 Å². The van der Waals surface area contributed by atoms with E-state index in [-0.39, 0.29) is 23.8 Å². The Bertz CT molecular complexity index is 1150. The van der Waals surface area contributed by atoms with Gasteiger partial charge in [0.1, 0.15) is 0 Å². The summed E-state index contributed by atoms with van der Waals surface area (Å²) in [5.74, 6) is -0.242. The molecule has 1 aliphatic heterocycles. The molecule has 1 aliphatic carbocycles. The van der Waals surface area contributed by atoms with Crippen molar-refractivity contribution < 1.29 is 18.8 Å². The molecule has 1 aromatic heterocycles. The van der Waals surface area contributed by atoms with Crippen molar-refractivity contribution in [2.45, 2.75) is 38.1 Å². The number of carbonyl (C=O) groups excluding carboxylic acids is 3. The highest BCUT2D eigenvalue weighted by molar-refractivity contribution is 6.22. The van der Waals surface area contributed by atoms with Crippen LogP contribution in [0.1, 0.15) is 63.2 Å². The molecule has 0 spiro atoms. The summed E-state index contributed by atoms with van der Waals surface area (Å²) < 4.78 is 5.26. The molecule has 3 aromatic rings. The average molecular weight is 415 g/mol.